The van der Waals surface area contributed by atoms with Gasteiger partial charge in [-0.05, 0) is 19.1 Å². The van der Waals surface area contributed by atoms with E-state index < -0.39 is 11.9 Å². The van der Waals surface area contributed by atoms with Gasteiger partial charge >= 0.3 is 11.9 Å². The summed E-state index contributed by atoms with van der Waals surface area (Å²) in [6, 6.07) is 3.41. The number of carbonyl (C=O) groups is 3. The number of hydrogen-bond acceptors (Lipinski definition) is 6. The molecule has 1 aromatic heterocycles. The summed E-state index contributed by atoms with van der Waals surface area (Å²) in [5.74, 6) is -0.805. The first kappa shape index (κ1) is 17.1. The molecule has 2 rings (SSSR count). The van der Waals surface area contributed by atoms with Gasteiger partial charge in [-0.2, -0.15) is 0 Å². The summed E-state index contributed by atoms with van der Waals surface area (Å²) in [6.07, 6.45) is 3.04. The summed E-state index contributed by atoms with van der Waals surface area (Å²) in [4.78, 5) is 36.7. The Hall–Kier alpha value is -2.22. The van der Waals surface area contributed by atoms with Crippen LogP contribution >= 0.6 is 11.8 Å². The maximum Gasteiger partial charge on any atom is 0.354 e. The van der Waals surface area contributed by atoms with Crippen molar-refractivity contribution in [3.63, 3.8) is 0 Å². The number of esters is 2. The van der Waals surface area contributed by atoms with Crippen molar-refractivity contribution in [3.05, 3.63) is 35.1 Å². The Kier molecular flexibility index (Phi) is 5.86. The number of hydrogen-bond donors (Lipinski definition) is 0. The quantitative estimate of drug-likeness (QED) is 0.572. The fraction of sp³-hybridized carbons (Fsp3) is 0.400. The summed E-state index contributed by atoms with van der Waals surface area (Å²) >= 11 is 1.26. The zero-order valence-corrected chi connectivity index (χ0v) is 13.8. The molecule has 1 aliphatic rings. The number of ether oxygens (including phenoxy) is 2. The molecule has 0 bridgehead atoms. The molecule has 23 heavy (non-hydrogen) atoms. The predicted octanol–water partition coefficient (Wildman–Crippen LogP) is 1.16. The van der Waals surface area contributed by atoms with Gasteiger partial charge in [0.25, 0.3) is 0 Å². The summed E-state index contributed by atoms with van der Waals surface area (Å²) in [5.41, 5.74) is 0.439. The predicted molar refractivity (Wildman–Crippen MR) is 84.6 cm³/mol. The van der Waals surface area contributed by atoms with Crippen molar-refractivity contribution in [1.29, 1.82) is 0 Å². The molecular formula is C15H18N2O5S. The molecular weight excluding hydrogens is 320 g/mol. The molecule has 1 aromatic rings. The Morgan fingerprint density at radius 1 is 1.39 bits per heavy atom. The van der Waals surface area contributed by atoms with Crippen LogP contribution in [0.5, 0.6) is 0 Å². The number of aromatic nitrogens is 1. The van der Waals surface area contributed by atoms with Crippen LogP contribution in [0.25, 0.3) is 0 Å². The van der Waals surface area contributed by atoms with Gasteiger partial charge in [0.05, 0.1) is 30.0 Å². The van der Waals surface area contributed by atoms with Crippen LogP contribution in [-0.4, -0.2) is 52.8 Å². The van der Waals surface area contributed by atoms with Crippen LogP contribution in [-0.2, 0) is 26.1 Å². The van der Waals surface area contributed by atoms with Gasteiger partial charge in [0.1, 0.15) is 12.3 Å². The monoisotopic (exact) mass is 338 g/mol. The van der Waals surface area contributed by atoms with Crippen LogP contribution in [0.1, 0.15) is 17.4 Å². The molecule has 0 radical (unpaired) electrons. The number of nitrogens with zero attached hydrogens (tertiary/aromatic N) is 2. The Morgan fingerprint density at radius 2 is 2.17 bits per heavy atom. The first-order valence-electron chi connectivity index (χ1n) is 7.13. The lowest BCUT2D eigenvalue weighted by atomic mass is 10.4. The fourth-order valence-corrected chi connectivity index (χ4v) is 2.99. The second-order valence-electron chi connectivity index (χ2n) is 4.71. The normalized spacial score (nSPS) is 16.0. The van der Waals surface area contributed by atoms with Gasteiger partial charge in [-0.15, -0.1) is 0 Å². The first-order chi connectivity index (χ1) is 11.0. The van der Waals surface area contributed by atoms with Gasteiger partial charge in [0.2, 0.25) is 5.91 Å². The van der Waals surface area contributed by atoms with E-state index in [9.17, 15) is 14.4 Å². The number of thioether (sulfide) groups is 1. The molecule has 0 saturated carbocycles. The van der Waals surface area contributed by atoms with Crippen LogP contribution in [0.4, 0.5) is 0 Å². The zero-order chi connectivity index (χ0) is 16.8. The van der Waals surface area contributed by atoms with Crippen LogP contribution < -0.4 is 0 Å². The van der Waals surface area contributed by atoms with E-state index in [0.29, 0.717) is 10.7 Å². The molecule has 0 aliphatic carbocycles. The average Bonchev–Trinajstić information content (AvgIpc) is 3.07. The van der Waals surface area contributed by atoms with E-state index in [1.165, 1.54) is 22.7 Å². The zero-order valence-electron chi connectivity index (χ0n) is 13.0. The standard InChI is InChI=1S/C15H18N2O5S/c1-3-21-14(19)9-13-17(12(18)10-23-13)7-8-22-15(20)11-5-4-6-16(11)2/h4-6,9H,3,7-8,10H2,1-2H3/b13-9-. The molecule has 0 unspecified atom stereocenters. The Labute approximate surface area is 138 Å². The smallest absolute Gasteiger partial charge is 0.354 e. The number of carbonyl (C=O) groups excluding carboxylic acids is 3. The molecule has 1 amide bonds. The largest absolute Gasteiger partial charge is 0.463 e. The van der Waals surface area contributed by atoms with E-state index in [4.69, 9.17) is 9.47 Å². The highest BCUT2D eigenvalue weighted by Gasteiger charge is 2.27. The summed E-state index contributed by atoms with van der Waals surface area (Å²) < 4.78 is 11.7. The van der Waals surface area contributed by atoms with Crippen LogP contribution in [0.15, 0.2) is 29.4 Å². The van der Waals surface area contributed by atoms with E-state index in [1.54, 1.807) is 36.9 Å². The molecule has 0 N–H and O–H groups in total. The minimum Gasteiger partial charge on any atom is -0.463 e. The minimum absolute atomic E-state index is 0.0521. The third-order valence-corrected chi connectivity index (χ3v) is 4.16. The Morgan fingerprint density at radius 3 is 2.83 bits per heavy atom. The summed E-state index contributed by atoms with van der Waals surface area (Å²) in [7, 11) is 1.75. The van der Waals surface area contributed by atoms with Crippen molar-refractivity contribution in [3.8, 4) is 0 Å². The average molecular weight is 338 g/mol. The number of rotatable bonds is 6. The molecule has 0 spiro atoms. The van der Waals surface area contributed by atoms with Crippen molar-refractivity contribution in [1.82, 2.24) is 9.47 Å². The highest BCUT2D eigenvalue weighted by molar-refractivity contribution is 8.04. The van der Waals surface area contributed by atoms with Gasteiger partial charge in [0.15, 0.2) is 0 Å². The topological polar surface area (TPSA) is 77.8 Å². The SMILES string of the molecule is CCOC(=O)/C=C1\SCC(=O)N1CCOC(=O)c1cccn1C. The molecule has 8 heteroatoms. The van der Waals surface area contributed by atoms with E-state index in [0.717, 1.165) is 0 Å². The molecule has 2 heterocycles. The highest BCUT2D eigenvalue weighted by Crippen LogP contribution is 2.28. The maximum absolute atomic E-state index is 11.9. The lowest BCUT2D eigenvalue weighted by molar-refractivity contribution is -0.137. The van der Waals surface area contributed by atoms with E-state index in [1.807, 2.05) is 0 Å². The van der Waals surface area contributed by atoms with E-state index in [2.05, 4.69) is 0 Å². The van der Waals surface area contributed by atoms with Crippen molar-refractivity contribution in [2.45, 2.75) is 6.92 Å². The third kappa shape index (κ3) is 4.38. The first-order valence-corrected chi connectivity index (χ1v) is 8.11. The van der Waals surface area contributed by atoms with E-state index >= 15 is 0 Å². The second-order valence-corrected chi connectivity index (χ2v) is 5.70. The van der Waals surface area contributed by atoms with Gasteiger partial charge < -0.3 is 18.9 Å². The molecule has 1 aliphatic heterocycles. The minimum atomic E-state index is -0.490. The second kappa shape index (κ2) is 7.87. The maximum atomic E-state index is 11.9. The molecule has 0 atom stereocenters. The van der Waals surface area contributed by atoms with Crippen molar-refractivity contribution in [2.24, 2.45) is 7.05 Å². The van der Waals surface area contributed by atoms with Crippen LogP contribution in [0.2, 0.25) is 0 Å². The van der Waals surface area contributed by atoms with Crippen molar-refractivity contribution < 1.29 is 23.9 Å². The Balaban J connectivity index is 1.90. The fourth-order valence-electron chi connectivity index (χ4n) is 2.03. The molecule has 7 nitrogen and oxygen atoms in total. The van der Waals surface area contributed by atoms with Gasteiger partial charge in [0, 0.05) is 13.2 Å². The highest BCUT2D eigenvalue weighted by atomic mass is 32.2. The van der Waals surface area contributed by atoms with Crippen molar-refractivity contribution >= 4 is 29.6 Å². The number of amides is 1. The van der Waals surface area contributed by atoms with Crippen LogP contribution in [0.3, 0.4) is 0 Å². The summed E-state index contributed by atoms with van der Waals surface area (Å²) in [6.45, 7) is 2.24. The number of aryl methyl sites for hydroxylation is 1. The van der Waals surface area contributed by atoms with Gasteiger partial charge in [-0.1, -0.05) is 11.8 Å². The summed E-state index contributed by atoms with van der Waals surface area (Å²) in [5, 5.41) is 0.517. The molecule has 1 fully saturated rings. The Bertz CT molecular complexity index is 638. The molecule has 1 saturated heterocycles. The molecule has 0 aromatic carbocycles. The third-order valence-electron chi connectivity index (χ3n) is 3.14. The van der Waals surface area contributed by atoms with E-state index in [-0.39, 0.29) is 31.4 Å². The van der Waals surface area contributed by atoms with Crippen molar-refractivity contribution in [2.75, 3.05) is 25.5 Å². The molecule has 124 valence electrons. The van der Waals surface area contributed by atoms with Gasteiger partial charge in [-0.25, -0.2) is 9.59 Å². The van der Waals surface area contributed by atoms with Gasteiger partial charge in [-0.3, -0.25) is 4.79 Å². The lowest BCUT2D eigenvalue weighted by Crippen LogP contribution is -2.29. The lowest BCUT2D eigenvalue weighted by Gasteiger charge is -2.16. The van der Waals surface area contributed by atoms with Crippen LogP contribution in [0, 0.1) is 0 Å².